The summed E-state index contributed by atoms with van der Waals surface area (Å²) in [5.74, 6) is 0.385. The topological polar surface area (TPSA) is 64.3 Å². The van der Waals surface area contributed by atoms with Gasteiger partial charge in [0.25, 0.3) is 0 Å². The molecule has 0 aliphatic rings. The number of carbonyl (C=O) groups is 1. The van der Waals surface area contributed by atoms with E-state index in [1.54, 1.807) is 0 Å². The van der Waals surface area contributed by atoms with Crippen LogP contribution in [-0.4, -0.2) is 18.6 Å². The lowest BCUT2D eigenvalue weighted by molar-refractivity contribution is -0.120. The average Bonchev–Trinajstić information content (AvgIpc) is 2.36. The molecule has 0 radical (unpaired) electrons. The summed E-state index contributed by atoms with van der Waals surface area (Å²) in [7, 11) is 0. The average molecular weight is 250 g/mol. The molecule has 0 fully saturated rings. The second-order valence-corrected chi connectivity index (χ2v) is 4.32. The normalized spacial score (nSPS) is 13.9. The molecule has 0 saturated heterocycles. The molecule has 0 aliphatic carbocycles. The third kappa shape index (κ3) is 4.04. The number of carbonyl (C=O) groups excluding carboxylic acids is 1. The number of hydrogen-bond acceptors (Lipinski definition) is 3. The maximum atomic E-state index is 11.5. The van der Waals surface area contributed by atoms with E-state index in [0.29, 0.717) is 6.61 Å². The molecule has 2 unspecified atom stereocenters. The molecule has 1 rings (SSSR count). The molecule has 100 valence electrons. The van der Waals surface area contributed by atoms with Crippen molar-refractivity contribution in [2.24, 2.45) is 5.73 Å². The van der Waals surface area contributed by atoms with Gasteiger partial charge in [0, 0.05) is 6.04 Å². The second kappa shape index (κ2) is 7.01. The molecule has 4 nitrogen and oxygen atoms in total. The van der Waals surface area contributed by atoms with Crippen LogP contribution in [-0.2, 0) is 4.79 Å². The van der Waals surface area contributed by atoms with E-state index >= 15 is 0 Å². The van der Waals surface area contributed by atoms with Crippen molar-refractivity contribution >= 4 is 5.91 Å². The van der Waals surface area contributed by atoms with Crippen LogP contribution in [0.15, 0.2) is 24.3 Å². The molecule has 0 heterocycles. The van der Waals surface area contributed by atoms with Gasteiger partial charge in [-0.25, -0.2) is 0 Å². The SMILES string of the molecule is CCOc1cccc(C(NC(C)CC)C(N)=O)c1. The molecule has 1 aromatic rings. The van der Waals surface area contributed by atoms with Crippen molar-refractivity contribution in [3.05, 3.63) is 29.8 Å². The van der Waals surface area contributed by atoms with E-state index in [1.807, 2.05) is 38.1 Å². The van der Waals surface area contributed by atoms with Crippen molar-refractivity contribution in [2.75, 3.05) is 6.61 Å². The maximum Gasteiger partial charge on any atom is 0.239 e. The summed E-state index contributed by atoms with van der Waals surface area (Å²) < 4.78 is 5.43. The Bertz CT molecular complexity index is 393. The van der Waals surface area contributed by atoms with Gasteiger partial charge in [-0.15, -0.1) is 0 Å². The minimum atomic E-state index is -0.472. The number of ether oxygens (including phenoxy) is 1. The van der Waals surface area contributed by atoms with E-state index in [1.165, 1.54) is 0 Å². The van der Waals surface area contributed by atoms with Gasteiger partial charge in [-0.3, -0.25) is 10.1 Å². The highest BCUT2D eigenvalue weighted by Gasteiger charge is 2.19. The lowest BCUT2D eigenvalue weighted by Gasteiger charge is -2.20. The van der Waals surface area contributed by atoms with Crippen molar-refractivity contribution in [3.8, 4) is 5.75 Å². The summed E-state index contributed by atoms with van der Waals surface area (Å²) in [5.41, 5.74) is 6.29. The third-order valence-electron chi connectivity index (χ3n) is 2.85. The van der Waals surface area contributed by atoms with Gasteiger partial charge < -0.3 is 10.5 Å². The minimum absolute atomic E-state index is 0.234. The van der Waals surface area contributed by atoms with Crippen LogP contribution >= 0.6 is 0 Å². The summed E-state index contributed by atoms with van der Waals surface area (Å²) in [6, 6.07) is 7.24. The van der Waals surface area contributed by atoms with Gasteiger partial charge in [0.05, 0.1) is 6.61 Å². The van der Waals surface area contributed by atoms with E-state index in [2.05, 4.69) is 12.2 Å². The van der Waals surface area contributed by atoms with E-state index in [9.17, 15) is 4.79 Å². The molecule has 0 aliphatic heterocycles. The lowest BCUT2D eigenvalue weighted by atomic mass is 10.0. The largest absolute Gasteiger partial charge is 0.494 e. The molecule has 1 aromatic carbocycles. The third-order valence-corrected chi connectivity index (χ3v) is 2.85. The van der Waals surface area contributed by atoms with Gasteiger partial charge in [-0.1, -0.05) is 19.1 Å². The van der Waals surface area contributed by atoms with Gasteiger partial charge >= 0.3 is 0 Å². The number of nitrogens with two attached hydrogens (primary N) is 1. The van der Waals surface area contributed by atoms with Crippen molar-refractivity contribution in [3.63, 3.8) is 0 Å². The molecule has 0 bridgehead atoms. The van der Waals surface area contributed by atoms with Gasteiger partial charge in [0.2, 0.25) is 5.91 Å². The predicted octanol–water partition coefficient (Wildman–Crippen LogP) is 2.00. The molecule has 4 heteroatoms. The van der Waals surface area contributed by atoms with Crippen LogP contribution < -0.4 is 15.8 Å². The van der Waals surface area contributed by atoms with Crippen LogP contribution in [0.4, 0.5) is 0 Å². The monoisotopic (exact) mass is 250 g/mol. The Morgan fingerprint density at radius 2 is 2.17 bits per heavy atom. The zero-order chi connectivity index (χ0) is 13.5. The molecule has 0 aromatic heterocycles. The van der Waals surface area contributed by atoms with E-state index in [0.717, 1.165) is 17.7 Å². The Hall–Kier alpha value is -1.55. The Morgan fingerprint density at radius 3 is 2.72 bits per heavy atom. The molecule has 0 spiro atoms. The second-order valence-electron chi connectivity index (χ2n) is 4.32. The summed E-state index contributed by atoms with van der Waals surface area (Å²) >= 11 is 0. The number of primary amides is 1. The van der Waals surface area contributed by atoms with Crippen LogP contribution in [0.5, 0.6) is 5.75 Å². The first-order valence-corrected chi connectivity index (χ1v) is 6.36. The molecular formula is C14H22N2O2. The Kier molecular flexibility index (Phi) is 5.65. The summed E-state index contributed by atoms with van der Waals surface area (Å²) in [5, 5.41) is 3.22. The number of nitrogens with one attached hydrogen (secondary N) is 1. The van der Waals surface area contributed by atoms with Crippen molar-refractivity contribution in [2.45, 2.75) is 39.3 Å². The number of amides is 1. The number of hydrogen-bond donors (Lipinski definition) is 2. The van der Waals surface area contributed by atoms with Crippen molar-refractivity contribution in [1.29, 1.82) is 0 Å². The smallest absolute Gasteiger partial charge is 0.239 e. The zero-order valence-electron chi connectivity index (χ0n) is 11.3. The molecule has 2 atom stereocenters. The van der Waals surface area contributed by atoms with Gasteiger partial charge in [-0.2, -0.15) is 0 Å². The molecule has 1 amide bonds. The zero-order valence-corrected chi connectivity index (χ0v) is 11.3. The van der Waals surface area contributed by atoms with E-state index in [-0.39, 0.29) is 11.9 Å². The Balaban J connectivity index is 2.91. The van der Waals surface area contributed by atoms with Crippen LogP contribution in [0.3, 0.4) is 0 Å². The van der Waals surface area contributed by atoms with E-state index < -0.39 is 6.04 Å². The fourth-order valence-electron chi connectivity index (χ4n) is 1.70. The first kappa shape index (κ1) is 14.5. The van der Waals surface area contributed by atoms with Gasteiger partial charge in [-0.05, 0) is 38.0 Å². The Morgan fingerprint density at radius 1 is 1.44 bits per heavy atom. The lowest BCUT2D eigenvalue weighted by Crippen LogP contribution is -2.38. The minimum Gasteiger partial charge on any atom is -0.494 e. The van der Waals surface area contributed by atoms with E-state index in [4.69, 9.17) is 10.5 Å². The fourth-order valence-corrected chi connectivity index (χ4v) is 1.70. The first-order valence-electron chi connectivity index (χ1n) is 6.36. The molecule has 3 N–H and O–H groups in total. The number of rotatable bonds is 7. The standard InChI is InChI=1S/C14H22N2O2/c1-4-10(3)16-13(14(15)17)11-7-6-8-12(9-11)18-5-2/h6-10,13,16H,4-5H2,1-3H3,(H2,15,17). The maximum absolute atomic E-state index is 11.5. The molecule has 18 heavy (non-hydrogen) atoms. The molecule has 0 saturated carbocycles. The first-order chi connectivity index (χ1) is 8.58. The highest BCUT2D eigenvalue weighted by atomic mass is 16.5. The van der Waals surface area contributed by atoms with Crippen LogP contribution in [0, 0.1) is 0 Å². The summed E-state index contributed by atoms with van der Waals surface area (Å²) in [6.07, 6.45) is 0.939. The summed E-state index contributed by atoms with van der Waals surface area (Å²) in [4.78, 5) is 11.5. The van der Waals surface area contributed by atoms with Crippen molar-refractivity contribution in [1.82, 2.24) is 5.32 Å². The highest BCUT2D eigenvalue weighted by Crippen LogP contribution is 2.20. The van der Waals surface area contributed by atoms with Gasteiger partial charge in [0.15, 0.2) is 0 Å². The highest BCUT2D eigenvalue weighted by molar-refractivity contribution is 5.81. The van der Waals surface area contributed by atoms with Crippen LogP contribution in [0.25, 0.3) is 0 Å². The number of benzene rings is 1. The van der Waals surface area contributed by atoms with Crippen LogP contribution in [0.2, 0.25) is 0 Å². The quantitative estimate of drug-likeness (QED) is 0.778. The fraction of sp³-hybridized carbons (Fsp3) is 0.500. The van der Waals surface area contributed by atoms with Crippen LogP contribution in [0.1, 0.15) is 38.8 Å². The predicted molar refractivity (Wildman–Crippen MR) is 72.4 cm³/mol. The van der Waals surface area contributed by atoms with Gasteiger partial charge in [0.1, 0.15) is 11.8 Å². The summed E-state index contributed by atoms with van der Waals surface area (Å²) in [6.45, 7) is 6.62. The molecular weight excluding hydrogens is 228 g/mol. The Labute approximate surface area is 109 Å². The van der Waals surface area contributed by atoms with Crippen molar-refractivity contribution < 1.29 is 9.53 Å².